The first-order chi connectivity index (χ1) is 32.5. The van der Waals surface area contributed by atoms with E-state index in [9.17, 15) is 0 Å². The molecule has 0 unspecified atom stereocenters. The van der Waals surface area contributed by atoms with Crippen LogP contribution in [0.25, 0.3) is 105 Å². The Kier molecular flexibility index (Phi) is 10.3. The summed E-state index contributed by atoms with van der Waals surface area (Å²) in [6.07, 6.45) is 24.7. The highest BCUT2D eigenvalue weighted by Crippen LogP contribution is 2.41. The molecule has 0 spiro atoms. The standard InChI is InChI=1S/C60H49N3O3/c1-6-44(26-21-39(2)64-3)61-55-19-9-7-17-49(55)51-35-40(22-31-57(51)61)42-24-33-59-53(37-42)54-38-43(25-34-60(54)63(59)46-14-12-16-48(66-5)30-28-46)41-23-32-58-52(36-41)50-18-8-10-20-56(50)62(58)45-13-11-15-47(65-4)29-27-45/h6-12,14-15,17-38H,2,13,16H2,1,3-5H3/b26-21-,44-6+. The number of para-hydroxylation sites is 2. The second kappa shape index (κ2) is 16.7. The molecule has 0 bridgehead atoms. The third-order valence-corrected chi connectivity index (χ3v) is 13.2. The molecule has 0 fully saturated rings. The van der Waals surface area contributed by atoms with Crippen LogP contribution in [0.3, 0.4) is 0 Å². The van der Waals surface area contributed by atoms with E-state index in [0.717, 1.165) is 68.9 Å². The molecule has 0 radical (unpaired) electrons. The van der Waals surface area contributed by atoms with E-state index in [2.05, 4.69) is 203 Å². The van der Waals surface area contributed by atoms with Crippen LogP contribution in [0.4, 0.5) is 0 Å². The number of aromatic nitrogens is 3. The van der Waals surface area contributed by atoms with Crippen LogP contribution >= 0.6 is 0 Å². The molecule has 0 amide bonds. The Hall–Kier alpha value is -8.22. The first kappa shape index (κ1) is 40.5. The number of nitrogens with zero attached hydrogens (tertiary/aromatic N) is 3. The van der Waals surface area contributed by atoms with E-state index in [1.807, 2.05) is 12.2 Å². The number of rotatable bonds is 10. The van der Waals surface area contributed by atoms with Gasteiger partial charge >= 0.3 is 0 Å². The summed E-state index contributed by atoms with van der Waals surface area (Å²) in [6, 6.07) is 45.0. The fraction of sp³-hybridized carbons (Fsp3) is 0.100. The maximum Gasteiger partial charge on any atom is 0.118 e. The molecule has 0 saturated heterocycles. The summed E-state index contributed by atoms with van der Waals surface area (Å²) in [7, 11) is 5.10. The molecule has 3 heterocycles. The van der Waals surface area contributed by atoms with Gasteiger partial charge in [-0.3, -0.25) is 0 Å². The highest BCUT2D eigenvalue weighted by molar-refractivity contribution is 6.15. The Bertz CT molecular complexity index is 3740. The van der Waals surface area contributed by atoms with Gasteiger partial charge in [-0.2, -0.15) is 0 Å². The zero-order valence-corrected chi connectivity index (χ0v) is 37.6. The van der Waals surface area contributed by atoms with Gasteiger partial charge in [-0.05, 0) is 138 Å². The second-order valence-electron chi connectivity index (χ2n) is 16.8. The molecule has 0 saturated carbocycles. The molecular weight excluding hydrogens is 811 g/mol. The third-order valence-electron chi connectivity index (χ3n) is 13.2. The maximum atomic E-state index is 5.68. The Labute approximate surface area is 384 Å². The highest BCUT2D eigenvalue weighted by Gasteiger charge is 2.19. The number of fused-ring (bicyclic) bond motifs is 9. The topological polar surface area (TPSA) is 42.5 Å². The van der Waals surface area contributed by atoms with Gasteiger partial charge in [-0.15, -0.1) is 0 Å². The van der Waals surface area contributed by atoms with E-state index >= 15 is 0 Å². The average molecular weight is 860 g/mol. The van der Waals surface area contributed by atoms with Crippen molar-refractivity contribution < 1.29 is 14.2 Å². The van der Waals surface area contributed by atoms with Gasteiger partial charge in [-0.25, -0.2) is 0 Å². The summed E-state index contributed by atoms with van der Waals surface area (Å²) in [6.45, 7) is 6.07. The van der Waals surface area contributed by atoms with Crippen molar-refractivity contribution in [2.75, 3.05) is 21.3 Å². The Morgan fingerprint density at radius 1 is 0.515 bits per heavy atom. The summed E-state index contributed by atoms with van der Waals surface area (Å²) in [5.41, 5.74) is 14.9. The highest BCUT2D eigenvalue weighted by atomic mass is 16.5. The summed E-state index contributed by atoms with van der Waals surface area (Å²) < 4.78 is 23.7. The van der Waals surface area contributed by atoms with E-state index in [1.165, 1.54) is 60.2 Å². The smallest absolute Gasteiger partial charge is 0.118 e. The van der Waals surface area contributed by atoms with Crippen LogP contribution in [0, 0.1) is 0 Å². The molecule has 6 nitrogen and oxygen atoms in total. The van der Waals surface area contributed by atoms with Crippen LogP contribution in [0.2, 0.25) is 0 Å². The van der Waals surface area contributed by atoms with Gasteiger partial charge in [0, 0.05) is 62.3 Å². The van der Waals surface area contributed by atoms with Crippen LogP contribution in [0.15, 0.2) is 212 Å². The summed E-state index contributed by atoms with van der Waals surface area (Å²) in [5, 5.41) is 7.23. The number of methoxy groups -OCH3 is 3. The van der Waals surface area contributed by atoms with Gasteiger partial charge in [0.1, 0.15) is 11.5 Å². The van der Waals surface area contributed by atoms with Crippen molar-refractivity contribution in [2.24, 2.45) is 0 Å². The number of ether oxygens (including phenoxy) is 3. The molecule has 9 aromatic rings. The molecule has 322 valence electrons. The molecular formula is C60H49N3O3. The third kappa shape index (κ3) is 6.81. The van der Waals surface area contributed by atoms with Gasteiger partial charge in [0.15, 0.2) is 0 Å². The molecule has 3 aromatic heterocycles. The molecule has 6 heteroatoms. The predicted octanol–water partition coefficient (Wildman–Crippen LogP) is 15.6. The van der Waals surface area contributed by atoms with Gasteiger partial charge < -0.3 is 27.9 Å². The lowest BCUT2D eigenvalue weighted by Gasteiger charge is -2.11. The second-order valence-corrected chi connectivity index (χ2v) is 16.8. The van der Waals surface area contributed by atoms with Crippen molar-refractivity contribution in [3.63, 3.8) is 0 Å². The van der Waals surface area contributed by atoms with Crippen LogP contribution in [-0.2, 0) is 14.2 Å². The van der Waals surface area contributed by atoms with Crippen LogP contribution in [0.1, 0.15) is 19.8 Å². The number of hydrogen-bond acceptors (Lipinski definition) is 3. The molecule has 66 heavy (non-hydrogen) atoms. The van der Waals surface area contributed by atoms with Crippen molar-refractivity contribution in [1.82, 2.24) is 13.7 Å². The molecule has 11 rings (SSSR count). The quantitative estimate of drug-likeness (QED) is 0.102. The minimum absolute atomic E-state index is 0.606. The number of benzene rings is 6. The zero-order valence-electron chi connectivity index (χ0n) is 37.6. The Morgan fingerprint density at radius 3 is 1.67 bits per heavy atom. The van der Waals surface area contributed by atoms with Crippen LogP contribution < -0.4 is 0 Å². The van der Waals surface area contributed by atoms with Gasteiger partial charge in [-0.1, -0.05) is 85.5 Å². The molecule has 0 aliphatic heterocycles. The van der Waals surface area contributed by atoms with E-state index in [-0.39, 0.29) is 0 Å². The fourth-order valence-corrected chi connectivity index (χ4v) is 9.90. The Morgan fingerprint density at radius 2 is 1.05 bits per heavy atom. The minimum Gasteiger partial charge on any atom is -0.501 e. The SMILES string of the molecule is C=C(/C=C\C(=C/C)n1c2ccccc2c2cc(-c3ccc4c(c3)c3cc(-c5ccc6c(c5)c5ccccc5n6C5=CC=C(OC)C=CC5)ccc3n4C3=CC=C(OC)CC=C3)ccc21)OC. The van der Waals surface area contributed by atoms with E-state index in [1.54, 1.807) is 21.3 Å². The molecule has 6 aromatic carbocycles. The average Bonchev–Trinajstić information content (AvgIpc) is 3.80. The number of hydrogen-bond donors (Lipinski definition) is 0. The lowest BCUT2D eigenvalue weighted by Crippen LogP contribution is -1.95. The summed E-state index contributed by atoms with van der Waals surface area (Å²) in [5.74, 6) is 2.39. The van der Waals surface area contributed by atoms with Gasteiger partial charge in [0.25, 0.3) is 0 Å². The maximum absolute atomic E-state index is 5.68. The lowest BCUT2D eigenvalue weighted by atomic mass is 9.98. The van der Waals surface area contributed by atoms with Crippen LogP contribution in [0.5, 0.6) is 0 Å². The van der Waals surface area contributed by atoms with Crippen molar-refractivity contribution >= 4 is 82.5 Å². The van der Waals surface area contributed by atoms with E-state index < -0.39 is 0 Å². The van der Waals surface area contributed by atoms with Crippen LogP contribution in [-0.4, -0.2) is 35.0 Å². The fourth-order valence-electron chi connectivity index (χ4n) is 9.90. The zero-order chi connectivity index (χ0) is 44.9. The van der Waals surface area contributed by atoms with Gasteiger partial charge in [0.05, 0.1) is 60.2 Å². The first-order valence-electron chi connectivity index (χ1n) is 22.4. The van der Waals surface area contributed by atoms with Crippen molar-refractivity contribution in [2.45, 2.75) is 19.8 Å². The lowest BCUT2D eigenvalue weighted by molar-refractivity contribution is 0.285. The van der Waals surface area contributed by atoms with E-state index in [0.29, 0.717) is 5.76 Å². The van der Waals surface area contributed by atoms with Crippen molar-refractivity contribution in [3.05, 3.63) is 212 Å². The monoisotopic (exact) mass is 859 g/mol. The number of allylic oxidation sites excluding steroid dienone is 14. The summed E-state index contributed by atoms with van der Waals surface area (Å²) in [4.78, 5) is 0. The first-order valence-corrected chi connectivity index (χ1v) is 22.4. The summed E-state index contributed by atoms with van der Waals surface area (Å²) >= 11 is 0. The minimum atomic E-state index is 0.606. The largest absolute Gasteiger partial charge is 0.501 e. The Balaban J connectivity index is 1.08. The molecule has 0 atom stereocenters. The molecule has 2 aliphatic rings. The van der Waals surface area contributed by atoms with Gasteiger partial charge in [0.2, 0.25) is 0 Å². The molecule has 2 aliphatic carbocycles. The van der Waals surface area contributed by atoms with E-state index in [4.69, 9.17) is 14.2 Å². The van der Waals surface area contributed by atoms with Crippen molar-refractivity contribution in [1.29, 1.82) is 0 Å². The van der Waals surface area contributed by atoms with Crippen molar-refractivity contribution in [3.8, 4) is 22.3 Å². The molecule has 0 N–H and O–H groups in total. The normalized spacial score (nSPS) is 14.6. The predicted molar refractivity (Wildman–Crippen MR) is 278 cm³/mol.